The fourth-order valence-electron chi connectivity index (χ4n) is 9.78. The molecule has 2 aromatic rings. The first-order chi connectivity index (χ1) is 23.2. The van der Waals surface area contributed by atoms with Crippen LogP contribution in [0, 0.1) is 40.4 Å². The van der Waals surface area contributed by atoms with E-state index in [1.807, 2.05) is 0 Å². The maximum Gasteiger partial charge on any atom is 0.573 e. The molecule has 4 bridgehead atoms. The zero-order chi connectivity index (χ0) is 33.1. The van der Waals surface area contributed by atoms with Gasteiger partial charge in [-0.3, -0.25) is 0 Å². The lowest BCUT2D eigenvalue weighted by Crippen LogP contribution is -2.60. The van der Waals surface area contributed by atoms with Gasteiger partial charge in [-0.25, -0.2) is 4.98 Å². The standard InChI is InChI=1S/C36H48F3N7O2/c37-36(38,39)48-31-4-2-1-3-25(31)20-42-34-43-21-28(18-40)33(46-34)44-22-35-15-24-13-26(16-35)32(27(14-24)17-35)41-19-23-5-7-29(8-6-23)45-30-9-11-47-12-10-30/h1-4,21,23-24,26-27,29-30,32,41,45H,5-17,19-20,22H2,(H2,42,43,44,46)/t23-,24?,26-,27+,29+,32-,35-. The van der Waals surface area contributed by atoms with Crippen molar-refractivity contribution in [3.63, 3.8) is 0 Å². The molecule has 1 saturated heterocycles. The summed E-state index contributed by atoms with van der Waals surface area (Å²) in [6, 6.07) is 10.1. The largest absolute Gasteiger partial charge is 0.573 e. The number of nitrogens with zero attached hydrogens (tertiary/aromatic N) is 3. The molecule has 0 radical (unpaired) electrons. The Balaban J connectivity index is 0.915. The van der Waals surface area contributed by atoms with Crippen molar-refractivity contribution in [2.24, 2.45) is 29.1 Å². The summed E-state index contributed by atoms with van der Waals surface area (Å²) >= 11 is 0. The minimum atomic E-state index is -4.78. The van der Waals surface area contributed by atoms with Crippen molar-refractivity contribution in [1.82, 2.24) is 20.6 Å². The van der Waals surface area contributed by atoms with Crippen molar-refractivity contribution < 1.29 is 22.6 Å². The van der Waals surface area contributed by atoms with Gasteiger partial charge in [0.25, 0.3) is 0 Å². The average Bonchev–Trinajstić information content (AvgIpc) is 3.07. The minimum absolute atomic E-state index is 0.0373. The molecule has 1 aromatic carbocycles. The number of hydrogen-bond donors (Lipinski definition) is 4. The Hall–Kier alpha value is -3.14. The number of benzene rings is 1. The van der Waals surface area contributed by atoms with Crippen LogP contribution in [0.1, 0.15) is 81.8 Å². The lowest BCUT2D eigenvalue weighted by atomic mass is 9.48. The second-order valence-electron chi connectivity index (χ2n) is 15.1. The summed E-state index contributed by atoms with van der Waals surface area (Å²) in [5, 5.41) is 24.3. The van der Waals surface area contributed by atoms with E-state index in [0.717, 1.165) is 51.0 Å². The van der Waals surface area contributed by atoms with Crippen molar-refractivity contribution in [3.8, 4) is 11.8 Å². The number of halogens is 3. The van der Waals surface area contributed by atoms with E-state index in [2.05, 4.69) is 42.0 Å². The molecule has 9 nitrogen and oxygen atoms in total. The van der Waals surface area contributed by atoms with Crippen molar-refractivity contribution in [2.75, 3.05) is 36.9 Å². The van der Waals surface area contributed by atoms with Gasteiger partial charge in [0.15, 0.2) is 0 Å². The van der Waals surface area contributed by atoms with Crippen molar-refractivity contribution >= 4 is 11.8 Å². The minimum Gasteiger partial charge on any atom is -0.405 e. The molecule has 5 saturated carbocycles. The van der Waals surface area contributed by atoms with Crippen molar-refractivity contribution in [1.29, 1.82) is 5.26 Å². The van der Waals surface area contributed by atoms with Crippen LogP contribution in [0.25, 0.3) is 0 Å². The molecule has 2 heterocycles. The molecule has 1 aliphatic heterocycles. The summed E-state index contributed by atoms with van der Waals surface area (Å²) in [6.45, 7) is 3.71. The van der Waals surface area contributed by atoms with Gasteiger partial charge in [0, 0.05) is 50.0 Å². The summed E-state index contributed by atoms with van der Waals surface area (Å²) in [5.41, 5.74) is 0.856. The first-order valence-electron chi connectivity index (χ1n) is 17.9. The molecule has 260 valence electrons. The number of nitriles is 1. The van der Waals surface area contributed by atoms with Crippen LogP contribution in [0.3, 0.4) is 0 Å². The zero-order valence-corrected chi connectivity index (χ0v) is 27.5. The van der Waals surface area contributed by atoms with Gasteiger partial charge in [-0.1, -0.05) is 18.2 Å². The number of rotatable bonds is 12. The van der Waals surface area contributed by atoms with E-state index < -0.39 is 6.36 Å². The smallest absolute Gasteiger partial charge is 0.405 e. The molecule has 1 aromatic heterocycles. The number of alkyl halides is 3. The highest BCUT2D eigenvalue weighted by molar-refractivity contribution is 5.53. The monoisotopic (exact) mass is 667 g/mol. The van der Waals surface area contributed by atoms with Crippen LogP contribution >= 0.6 is 0 Å². The Morgan fingerprint density at radius 2 is 1.69 bits per heavy atom. The van der Waals surface area contributed by atoms with Crippen LogP contribution in [0.5, 0.6) is 5.75 Å². The van der Waals surface area contributed by atoms with Crippen molar-refractivity contribution in [2.45, 2.75) is 102 Å². The number of nitrogens with one attached hydrogen (secondary N) is 4. The maximum absolute atomic E-state index is 12.9. The molecule has 48 heavy (non-hydrogen) atoms. The van der Waals surface area contributed by atoms with Gasteiger partial charge >= 0.3 is 6.36 Å². The number of hydrogen-bond acceptors (Lipinski definition) is 9. The van der Waals surface area contributed by atoms with E-state index in [1.165, 1.54) is 76.1 Å². The van der Waals surface area contributed by atoms with Crippen molar-refractivity contribution in [3.05, 3.63) is 41.6 Å². The first-order valence-corrected chi connectivity index (χ1v) is 17.9. The quantitative estimate of drug-likeness (QED) is 0.205. The van der Waals surface area contributed by atoms with Crippen LogP contribution in [0.2, 0.25) is 0 Å². The average molecular weight is 668 g/mol. The van der Waals surface area contributed by atoms with Gasteiger partial charge in [-0.15, -0.1) is 13.2 Å². The molecule has 5 aliphatic carbocycles. The fraction of sp³-hybridized carbons (Fsp3) is 0.694. The molecule has 12 heteroatoms. The predicted octanol–water partition coefficient (Wildman–Crippen LogP) is 6.38. The van der Waals surface area contributed by atoms with Gasteiger partial charge in [0.2, 0.25) is 5.95 Å². The number of ether oxygens (including phenoxy) is 2. The molecule has 8 rings (SSSR count). The summed E-state index contributed by atoms with van der Waals surface area (Å²) in [5.74, 6) is 3.31. The molecule has 0 amide bonds. The van der Waals surface area contributed by atoms with E-state index in [4.69, 9.17) is 4.74 Å². The Morgan fingerprint density at radius 1 is 0.958 bits per heavy atom. The lowest BCUT2D eigenvalue weighted by molar-refractivity contribution is -0.274. The van der Waals surface area contributed by atoms with Gasteiger partial charge in [0.05, 0.1) is 6.20 Å². The Morgan fingerprint density at radius 3 is 2.42 bits per heavy atom. The number of para-hydroxylation sites is 1. The van der Waals surface area contributed by atoms with Crippen LogP contribution in [0.15, 0.2) is 30.5 Å². The molecule has 6 fully saturated rings. The topological polar surface area (TPSA) is 116 Å². The van der Waals surface area contributed by atoms with Crippen LogP contribution < -0.4 is 26.0 Å². The Kier molecular flexibility index (Phi) is 9.99. The van der Waals surface area contributed by atoms with Gasteiger partial charge in [-0.2, -0.15) is 10.2 Å². The third-order valence-electron chi connectivity index (χ3n) is 11.8. The third-order valence-corrected chi connectivity index (χ3v) is 11.8. The fourth-order valence-corrected chi connectivity index (χ4v) is 9.78. The second-order valence-corrected chi connectivity index (χ2v) is 15.1. The van der Waals surface area contributed by atoms with E-state index in [9.17, 15) is 18.4 Å². The number of aromatic nitrogens is 2. The third kappa shape index (κ3) is 8.01. The SMILES string of the molecule is N#Cc1cnc(NCc2ccccc2OC(F)(F)F)nc1NC[C@]12CC3C[C@H](C1)[C@@H](NC[C@H]1CC[C@@H](NC4CCOCC4)CC1)[C@@H](C3)C2. The van der Waals surface area contributed by atoms with Crippen LogP contribution in [-0.4, -0.2) is 60.8 Å². The maximum atomic E-state index is 12.9. The van der Waals surface area contributed by atoms with E-state index >= 15 is 0 Å². The summed E-state index contributed by atoms with van der Waals surface area (Å²) in [4.78, 5) is 8.81. The molecular weight excluding hydrogens is 619 g/mol. The molecule has 0 spiro atoms. The van der Waals surface area contributed by atoms with E-state index in [1.54, 1.807) is 12.1 Å². The molecule has 5 atom stereocenters. The summed E-state index contributed by atoms with van der Waals surface area (Å²) in [7, 11) is 0. The van der Waals surface area contributed by atoms with Crippen LogP contribution in [-0.2, 0) is 11.3 Å². The first kappa shape index (κ1) is 33.4. The highest BCUT2D eigenvalue weighted by Crippen LogP contribution is 2.60. The predicted molar refractivity (Wildman–Crippen MR) is 176 cm³/mol. The van der Waals surface area contributed by atoms with Gasteiger partial charge in [-0.05, 0) is 112 Å². The van der Waals surface area contributed by atoms with Gasteiger partial charge < -0.3 is 30.7 Å². The normalized spacial score (nSPS) is 31.7. The second kappa shape index (κ2) is 14.4. The zero-order valence-electron chi connectivity index (χ0n) is 27.5. The molecular formula is C36H48F3N7O2. The summed E-state index contributed by atoms with van der Waals surface area (Å²) in [6.07, 6.45) is 10.3. The van der Waals surface area contributed by atoms with Crippen LogP contribution in [0.4, 0.5) is 24.9 Å². The summed E-state index contributed by atoms with van der Waals surface area (Å²) < 4.78 is 48.3. The molecule has 4 N–H and O–H groups in total. The Labute approximate surface area is 281 Å². The number of anilines is 2. The Bertz CT molecular complexity index is 1420. The molecule has 1 unspecified atom stereocenters. The lowest BCUT2D eigenvalue weighted by Gasteiger charge is -2.60. The van der Waals surface area contributed by atoms with E-state index in [-0.39, 0.29) is 23.7 Å². The highest BCUT2D eigenvalue weighted by atomic mass is 19.4. The molecule has 6 aliphatic rings. The van der Waals surface area contributed by atoms with E-state index in [0.29, 0.717) is 46.9 Å². The van der Waals surface area contributed by atoms with Gasteiger partial charge in [0.1, 0.15) is 23.2 Å². The highest BCUT2D eigenvalue weighted by Gasteiger charge is 2.55.